The Morgan fingerprint density at radius 3 is 2.88 bits per heavy atom. The Hall–Kier alpha value is -1.28. The van der Waals surface area contributed by atoms with Gasteiger partial charge in [0, 0.05) is 24.1 Å². The molecule has 0 atom stereocenters. The zero-order valence-electron chi connectivity index (χ0n) is 10.4. The minimum atomic E-state index is 1.09. The van der Waals surface area contributed by atoms with Crippen LogP contribution >= 0.6 is 0 Å². The van der Waals surface area contributed by atoms with Crippen molar-refractivity contribution in [1.29, 1.82) is 0 Å². The monoisotopic (exact) mass is 216 g/mol. The summed E-state index contributed by atoms with van der Waals surface area (Å²) in [6, 6.07) is 6.71. The van der Waals surface area contributed by atoms with Crippen molar-refractivity contribution in [2.45, 2.75) is 19.8 Å². The van der Waals surface area contributed by atoms with Gasteiger partial charge in [-0.1, -0.05) is 12.1 Å². The molecule has 0 aliphatic carbocycles. The highest BCUT2D eigenvalue weighted by atomic mass is 14.9. The van der Waals surface area contributed by atoms with Crippen LogP contribution in [0.25, 0.3) is 10.9 Å². The van der Waals surface area contributed by atoms with Gasteiger partial charge in [-0.3, -0.25) is 0 Å². The third-order valence-corrected chi connectivity index (χ3v) is 3.10. The highest BCUT2D eigenvalue weighted by Gasteiger charge is 2.05. The molecule has 2 heteroatoms. The van der Waals surface area contributed by atoms with Crippen molar-refractivity contribution in [1.82, 2.24) is 9.88 Å². The van der Waals surface area contributed by atoms with Crippen LogP contribution in [0, 0.1) is 6.92 Å². The third-order valence-electron chi connectivity index (χ3n) is 3.10. The second kappa shape index (κ2) is 4.71. The molecule has 0 aliphatic heterocycles. The third kappa shape index (κ3) is 2.12. The van der Waals surface area contributed by atoms with Crippen molar-refractivity contribution in [3.05, 3.63) is 35.5 Å². The molecule has 2 nitrogen and oxygen atoms in total. The average Bonchev–Trinajstić information content (AvgIpc) is 2.56. The van der Waals surface area contributed by atoms with Crippen LogP contribution in [0.1, 0.15) is 17.5 Å². The van der Waals surface area contributed by atoms with Crippen molar-refractivity contribution >= 4 is 10.9 Å². The van der Waals surface area contributed by atoms with Gasteiger partial charge in [0.1, 0.15) is 0 Å². The summed E-state index contributed by atoms with van der Waals surface area (Å²) in [6.45, 7) is 3.23. The van der Waals surface area contributed by atoms with Crippen molar-refractivity contribution in [3.63, 3.8) is 0 Å². The standard InChI is InChI=1S/C14H20N2/c1-11-6-7-13-12(5-4-8-15-2)10-16(3)14(13)9-11/h6-7,9-10,15H,4-5,8H2,1-3H3. The van der Waals surface area contributed by atoms with Gasteiger partial charge in [-0.05, 0) is 50.6 Å². The van der Waals surface area contributed by atoms with Gasteiger partial charge >= 0.3 is 0 Å². The maximum Gasteiger partial charge on any atom is 0.0483 e. The number of nitrogens with zero attached hydrogens (tertiary/aromatic N) is 1. The Labute approximate surface area is 97.3 Å². The van der Waals surface area contributed by atoms with Gasteiger partial charge in [-0.25, -0.2) is 0 Å². The molecule has 1 aromatic heterocycles. The van der Waals surface area contributed by atoms with Crippen molar-refractivity contribution in [3.8, 4) is 0 Å². The van der Waals surface area contributed by atoms with E-state index in [9.17, 15) is 0 Å². The molecule has 0 aliphatic rings. The first-order chi connectivity index (χ1) is 7.72. The molecule has 0 spiro atoms. The quantitative estimate of drug-likeness (QED) is 0.777. The summed E-state index contributed by atoms with van der Waals surface area (Å²) in [5, 5.41) is 4.60. The highest BCUT2D eigenvalue weighted by Crippen LogP contribution is 2.22. The molecular weight excluding hydrogens is 196 g/mol. The van der Waals surface area contributed by atoms with Gasteiger partial charge in [0.05, 0.1) is 0 Å². The number of hydrogen-bond donors (Lipinski definition) is 1. The molecule has 16 heavy (non-hydrogen) atoms. The summed E-state index contributed by atoms with van der Waals surface area (Å²) in [5.41, 5.74) is 4.14. The molecule has 0 unspecified atom stereocenters. The first-order valence-corrected chi connectivity index (χ1v) is 5.91. The topological polar surface area (TPSA) is 17.0 Å². The van der Waals surface area contributed by atoms with E-state index in [0.29, 0.717) is 0 Å². The van der Waals surface area contributed by atoms with Gasteiger partial charge < -0.3 is 9.88 Å². The van der Waals surface area contributed by atoms with Gasteiger partial charge in [-0.15, -0.1) is 0 Å². The van der Waals surface area contributed by atoms with E-state index in [1.54, 1.807) is 0 Å². The summed E-state index contributed by atoms with van der Waals surface area (Å²) < 4.78 is 2.23. The Balaban J connectivity index is 2.32. The van der Waals surface area contributed by atoms with E-state index in [4.69, 9.17) is 0 Å². The van der Waals surface area contributed by atoms with Crippen LogP contribution < -0.4 is 5.32 Å². The lowest BCUT2D eigenvalue weighted by Gasteiger charge is -2.00. The van der Waals surface area contributed by atoms with Crippen LogP contribution in [-0.2, 0) is 13.5 Å². The normalized spacial score (nSPS) is 11.2. The van der Waals surface area contributed by atoms with Gasteiger partial charge in [0.2, 0.25) is 0 Å². The summed E-state index contributed by atoms with van der Waals surface area (Å²) in [6.07, 6.45) is 4.62. The van der Waals surface area contributed by atoms with E-state index < -0.39 is 0 Å². The summed E-state index contributed by atoms with van der Waals surface area (Å²) in [4.78, 5) is 0. The molecule has 1 heterocycles. The Bertz CT molecular complexity index is 483. The first kappa shape index (κ1) is 11.2. The van der Waals surface area contributed by atoms with Gasteiger partial charge in [0.15, 0.2) is 0 Å². The molecule has 0 bridgehead atoms. The summed E-state index contributed by atoms with van der Waals surface area (Å²) in [5.74, 6) is 0. The van der Waals surface area contributed by atoms with Crippen molar-refractivity contribution in [2.75, 3.05) is 13.6 Å². The molecule has 2 aromatic rings. The van der Waals surface area contributed by atoms with E-state index >= 15 is 0 Å². The van der Waals surface area contributed by atoms with Crippen LogP contribution in [0.3, 0.4) is 0 Å². The van der Waals surface area contributed by atoms with Crippen molar-refractivity contribution in [2.24, 2.45) is 7.05 Å². The van der Waals surface area contributed by atoms with Crippen molar-refractivity contribution < 1.29 is 0 Å². The maximum absolute atomic E-state index is 3.20. The largest absolute Gasteiger partial charge is 0.350 e. The lowest BCUT2D eigenvalue weighted by atomic mass is 10.1. The van der Waals surface area contributed by atoms with E-state index in [1.807, 2.05) is 7.05 Å². The van der Waals surface area contributed by atoms with Crippen LogP contribution in [0.15, 0.2) is 24.4 Å². The van der Waals surface area contributed by atoms with E-state index in [0.717, 1.165) is 13.0 Å². The molecule has 0 fully saturated rings. The second-order valence-corrected chi connectivity index (χ2v) is 4.49. The van der Waals surface area contributed by atoms with E-state index in [1.165, 1.54) is 28.5 Å². The Morgan fingerprint density at radius 1 is 1.31 bits per heavy atom. The fourth-order valence-corrected chi connectivity index (χ4v) is 2.23. The number of nitrogens with one attached hydrogen (secondary N) is 1. The molecule has 1 N–H and O–H groups in total. The number of hydrogen-bond acceptors (Lipinski definition) is 1. The SMILES string of the molecule is CNCCCc1cn(C)c2cc(C)ccc12. The Morgan fingerprint density at radius 2 is 2.12 bits per heavy atom. The first-order valence-electron chi connectivity index (χ1n) is 5.91. The molecule has 1 aromatic carbocycles. The number of fused-ring (bicyclic) bond motifs is 1. The second-order valence-electron chi connectivity index (χ2n) is 4.49. The van der Waals surface area contributed by atoms with Gasteiger partial charge in [0.25, 0.3) is 0 Å². The minimum Gasteiger partial charge on any atom is -0.350 e. The van der Waals surface area contributed by atoms with Crippen LogP contribution in [0.4, 0.5) is 0 Å². The number of aryl methyl sites for hydroxylation is 3. The summed E-state index contributed by atoms with van der Waals surface area (Å²) >= 11 is 0. The predicted molar refractivity (Wildman–Crippen MR) is 69.9 cm³/mol. The lowest BCUT2D eigenvalue weighted by molar-refractivity contribution is 0.725. The molecular formula is C14H20N2. The fourth-order valence-electron chi connectivity index (χ4n) is 2.23. The minimum absolute atomic E-state index is 1.09. The summed E-state index contributed by atoms with van der Waals surface area (Å²) in [7, 11) is 4.13. The maximum atomic E-state index is 3.20. The predicted octanol–water partition coefficient (Wildman–Crippen LogP) is 2.64. The molecule has 86 valence electrons. The average molecular weight is 216 g/mol. The highest BCUT2D eigenvalue weighted by molar-refractivity contribution is 5.84. The fraction of sp³-hybridized carbons (Fsp3) is 0.429. The molecule has 0 saturated carbocycles. The zero-order valence-corrected chi connectivity index (χ0v) is 10.4. The molecule has 0 saturated heterocycles. The van der Waals surface area contributed by atoms with Crippen LogP contribution in [0.2, 0.25) is 0 Å². The Kier molecular flexibility index (Phi) is 3.30. The number of aromatic nitrogens is 1. The number of rotatable bonds is 4. The molecule has 0 radical (unpaired) electrons. The molecule has 2 rings (SSSR count). The van der Waals surface area contributed by atoms with E-state index in [-0.39, 0.29) is 0 Å². The zero-order chi connectivity index (χ0) is 11.5. The van der Waals surface area contributed by atoms with E-state index in [2.05, 4.69) is 48.3 Å². The molecule has 0 amide bonds. The van der Waals surface area contributed by atoms with Crippen LogP contribution in [0.5, 0.6) is 0 Å². The van der Waals surface area contributed by atoms with Crippen LogP contribution in [-0.4, -0.2) is 18.2 Å². The smallest absolute Gasteiger partial charge is 0.0483 e. The lowest BCUT2D eigenvalue weighted by Crippen LogP contribution is -2.08. The number of benzene rings is 1. The van der Waals surface area contributed by atoms with Gasteiger partial charge in [-0.2, -0.15) is 0 Å².